The van der Waals surface area contributed by atoms with Crippen molar-refractivity contribution in [2.24, 2.45) is 7.05 Å². The van der Waals surface area contributed by atoms with E-state index in [1.807, 2.05) is 36.0 Å². The molecule has 0 atom stereocenters. The highest BCUT2D eigenvalue weighted by Gasteiger charge is 2.17. The molecule has 1 amide bonds. The Labute approximate surface area is 224 Å². The standard InChI is InChI=1S/C30H26N6O3/c1-30(2,39)14-13-19-15-23(29(38)36(16-19)22-7-5-4-6-8-22)28(37)34-21-11-9-20(10-12-21)24-17-35(3)27-25(24)26(31)32-18-33-27/h4-12,15-18,39H,1-3H3,(H,34,37)(H2,31,32,33). The summed E-state index contributed by atoms with van der Waals surface area (Å²) in [5.41, 5.74) is 8.28. The lowest BCUT2D eigenvalue weighted by Gasteiger charge is -2.11. The summed E-state index contributed by atoms with van der Waals surface area (Å²) < 4.78 is 3.25. The van der Waals surface area contributed by atoms with Gasteiger partial charge in [-0.05, 0) is 49.7 Å². The molecular weight excluding hydrogens is 492 g/mol. The topological polar surface area (TPSA) is 128 Å². The molecule has 3 heterocycles. The van der Waals surface area contributed by atoms with Crippen LogP contribution in [-0.4, -0.2) is 35.7 Å². The first kappa shape index (κ1) is 25.4. The van der Waals surface area contributed by atoms with Crippen LogP contribution < -0.4 is 16.6 Å². The molecule has 5 rings (SSSR count). The van der Waals surface area contributed by atoms with Crippen molar-refractivity contribution in [3.63, 3.8) is 0 Å². The molecule has 0 radical (unpaired) electrons. The zero-order valence-corrected chi connectivity index (χ0v) is 21.6. The van der Waals surface area contributed by atoms with Crippen LogP contribution in [0.1, 0.15) is 29.8 Å². The molecule has 0 aliphatic rings. The Morgan fingerprint density at radius 3 is 2.46 bits per heavy atom. The number of pyridine rings is 1. The van der Waals surface area contributed by atoms with Crippen molar-refractivity contribution in [3.8, 4) is 28.7 Å². The number of aliphatic hydroxyl groups is 1. The van der Waals surface area contributed by atoms with Crippen molar-refractivity contribution in [1.29, 1.82) is 0 Å². The van der Waals surface area contributed by atoms with Crippen molar-refractivity contribution in [3.05, 3.63) is 101 Å². The summed E-state index contributed by atoms with van der Waals surface area (Å²) >= 11 is 0. The second kappa shape index (κ2) is 9.93. The quantitative estimate of drug-likeness (QED) is 0.311. The summed E-state index contributed by atoms with van der Waals surface area (Å²) in [4.78, 5) is 35.0. The van der Waals surface area contributed by atoms with Crippen LogP contribution in [0.4, 0.5) is 11.5 Å². The highest BCUT2D eigenvalue weighted by atomic mass is 16.3. The monoisotopic (exact) mass is 518 g/mol. The molecule has 3 aromatic heterocycles. The molecular formula is C30H26N6O3. The number of hydrogen-bond acceptors (Lipinski definition) is 6. The van der Waals surface area contributed by atoms with Crippen LogP contribution in [0.3, 0.4) is 0 Å². The van der Waals surface area contributed by atoms with E-state index in [4.69, 9.17) is 5.73 Å². The van der Waals surface area contributed by atoms with E-state index in [1.165, 1.54) is 17.0 Å². The van der Waals surface area contributed by atoms with Gasteiger partial charge in [-0.2, -0.15) is 0 Å². The average Bonchev–Trinajstić information content (AvgIpc) is 3.26. The Morgan fingerprint density at radius 2 is 1.77 bits per heavy atom. The van der Waals surface area contributed by atoms with Crippen molar-refractivity contribution in [2.45, 2.75) is 19.4 Å². The van der Waals surface area contributed by atoms with Crippen LogP contribution in [0, 0.1) is 11.8 Å². The Bertz CT molecular complexity index is 1820. The number of aromatic nitrogens is 4. The molecule has 4 N–H and O–H groups in total. The second-order valence-corrected chi connectivity index (χ2v) is 9.60. The molecule has 9 heteroatoms. The smallest absolute Gasteiger partial charge is 0.268 e. The lowest BCUT2D eigenvalue weighted by molar-refractivity contribution is 0.102. The van der Waals surface area contributed by atoms with E-state index in [0.717, 1.165) is 22.2 Å². The lowest BCUT2D eigenvalue weighted by atomic mass is 10.1. The van der Waals surface area contributed by atoms with Gasteiger partial charge in [0.15, 0.2) is 0 Å². The van der Waals surface area contributed by atoms with Gasteiger partial charge in [-0.25, -0.2) is 9.97 Å². The number of aryl methyl sites for hydroxylation is 1. The zero-order valence-electron chi connectivity index (χ0n) is 21.6. The summed E-state index contributed by atoms with van der Waals surface area (Å²) in [5.74, 6) is 5.40. The Hall–Kier alpha value is -5.20. The molecule has 0 aliphatic heterocycles. The van der Waals surface area contributed by atoms with E-state index in [-0.39, 0.29) is 5.56 Å². The molecule has 39 heavy (non-hydrogen) atoms. The number of rotatable bonds is 4. The lowest BCUT2D eigenvalue weighted by Crippen LogP contribution is -2.28. The molecule has 9 nitrogen and oxygen atoms in total. The first-order chi connectivity index (χ1) is 18.6. The predicted octanol–water partition coefficient (Wildman–Crippen LogP) is 3.74. The molecule has 194 valence electrons. The molecule has 2 aromatic carbocycles. The zero-order chi connectivity index (χ0) is 27.7. The number of fused-ring (bicyclic) bond motifs is 1. The number of carbonyl (C=O) groups excluding carboxylic acids is 1. The third kappa shape index (κ3) is 5.28. The minimum atomic E-state index is -1.24. The maximum absolute atomic E-state index is 13.3. The summed E-state index contributed by atoms with van der Waals surface area (Å²) in [6.45, 7) is 3.12. The van der Waals surface area contributed by atoms with Crippen LogP contribution in [0.15, 0.2) is 84.2 Å². The van der Waals surface area contributed by atoms with Gasteiger partial charge in [0.25, 0.3) is 11.5 Å². The van der Waals surface area contributed by atoms with Gasteiger partial charge in [0.1, 0.15) is 29.0 Å². The number of nitrogens with zero attached hydrogens (tertiary/aromatic N) is 4. The van der Waals surface area contributed by atoms with Crippen LogP contribution in [0.25, 0.3) is 27.8 Å². The van der Waals surface area contributed by atoms with Gasteiger partial charge in [-0.1, -0.05) is 42.2 Å². The predicted molar refractivity (Wildman–Crippen MR) is 152 cm³/mol. The van der Waals surface area contributed by atoms with Gasteiger partial charge in [0.2, 0.25) is 0 Å². The summed E-state index contributed by atoms with van der Waals surface area (Å²) in [6.07, 6.45) is 4.91. The SMILES string of the molecule is Cn1cc(-c2ccc(NC(=O)c3cc(C#CC(C)(C)O)cn(-c4ccccc4)c3=O)cc2)c2c(N)ncnc21. The van der Waals surface area contributed by atoms with Gasteiger partial charge < -0.3 is 20.7 Å². The molecule has 0 saturated carbocycles. The fraction of sp³-hybridized carbons (Fsp3) is 0.133. The number of amides is 1. The maximum Gasteiger partial charge on any atom is 0.268 e. The summed E-state index contributed by atoms with van der Waals surface area (Å²) in [5, 5.41) is 13.6. The fourth-order valence-electron chi connectivity index (χ4n) is 4.20. The Kier molecular flexibility index (Phi) is 6.48. The van der Waals surface area contributed by atoms with Gasteiger partial charge in [-0.15, -0.1) is 0 Å². The van der Waals surface area contributed by atoms with E-state index in [1.54, 1.807) is 56.4 Å². The second-order valence-electron chi connectivity index (χ2n) is 9.60. The number of carbonyl (C=O) groups is 1. The van der Waals surface area contributed by atoms with Crippen molar-refractivity contribution in [1.82, 2.24) is 19.1 Å². The highest BCUT2D eigenvalue weighted by molar-refractivity contribution is 6.05. The number of nitrogen functional groups attached to an aromatic ring is 1. The molecule has 0 unspecified atom stereocenters. The summed E-state index contributed by atoms with van der Waals surface area (Å²) in [6, 6.07) is 17.6. The van der Waals surface area contributed by atoms with Crippen LogP contribution in [0.2, 0.25) is 0 Å². The molecule has 0 bridgehead atoms. The van der Waals surface area contributed by atoms with Gasteiger partial charge in [0, 0.05) is 41.9 Å². The van der Waals surface area contributed by atoms with Gasteiger partial charge >= 0.3 is 0 Å². The minimum absolute atomic E-state index is 0.0792. The normalized spacial score (nSPS) is 11.2. The number of anilines is 2. The minimum Gasteiger partial charge on any atom is -0.383 e. The fourth-order valence-corrected chi connectivity index (χ4v) is 4.20. The van der Waals surface area contributed by atoms with Crippen molar-refractivity contribution >= 4 is 28.4 Å². The van der Waals surface area contributed by atoms with Crippen LogP contribution >= 0.6 is 0 Å². The van der Waals surface area contributed by atoms with E-state index in [2.05, 4.69) is 27.1 Å². The largest absolute Gasteiger partial charge is 0.383 e. The third-order valence-corrected chi connectivity index (χ3v) is 6.05. The number of hydrogen-bond donors (Lipinski definition) is 3. The molecule has 0 aliphatic carbocycles. The number of benzene rings is 2. The van der Waals surface area contributed by atoms with E-state index >= 15 is 0 Å². The first-order valence-electron chi connectivity index (χ1n) is 12.2. The average molecular weight is 519 g/mol. The number of nitrogens with two attached hydrogens (primary N) is 1. The van der Waals surface area contributed by atoms with Crippen LogP contribution in [0.5, 0.6) is 0 Å². The Morgan fingerprint density at radius 1 is 1.05 bits per heavy atom. The molecule has 0 fully saturated rings. The molecule has 0 spiro atoms. The highest BCUT2D eigenvalue weighted by Crippen LogP contribution is 2.32. The summed E-state index contributed by atoms with van der Waals surface area (Å²) in [7, 11) is 1.88. The van der Waals surface area contributed by atoms with E-state index < -0.39 is 17.1 Å². The van der Waals surface area contributed by atoms with E-state index in [0.29, 0.717) is 22.8 Å². The van der Waals surface area contributed by atoms with Crippen LogP contribution in [-0.2, 0) is 7.05 Å². The van der Waals surface area contributed by atoms with Crippen molar-refractivity contribution < 1.29 is 9.90 Å². The van der Waals surface area contributed by atoms with Gasteiger partial charge in [-0.3, -0.25) is 14.2 Å². The molecule has 5 aromatic rings. The van der Waals surface area contributed by atoms with Gasteiger partial charge in [0.05, 0.1) is 5.39 Å². The third-order valence-electron chi connectivity index (χ3n) is 6.05. The molecule has 0 saturated heterocycles. The van der Waals surface area contributed by atoms with Crippen molar-refractivity contribution in [2.75, 3.05) is 11.1 Å². The maximum atomic E-state index is 13.3. The number of para-hydroxylation sites is 1. The Balaban J connectivity index is 1.49. The first-order valence-corrected chi connectivity index (χ1v) is 12.2. The van der Waals surface area contributed by atoms with E-state index in [9.17, 15) is 14.7 Å². The number of nitrogens with one attached hydrogen (secondary N) is 1.